The lowest BCUT2D eigenvalue weighted by Crippen LogP contribution is -2.38. The molecule has 0 aliphatic carbocycles. The average molecular weight is 441 g/mol. The van der Waals surface area contributed by atoms with Gasteiger partial charge in [0.1, 0.15) is 11.5 Å². The highest BCUT2D eigenvalue weighted by Crippen LogP contribution is 2.30. The second-order valence-corrected chi connectivity index (χ2v) is 8.69. The van der Waals surface area contributed by atoms with Crippen molar-refractivity contribution in [1.82, 2.24) is 30.0 Å². The Morgan fingerprint density at radius 2 is 1.91 bits per heavy atom. The summed E-state index contributed by atoms with van der Waals surface area (Å²) in [6.45, 7) is 5.03. The fourth-order valence-electron chi connectivity index (χ4n) is 4.52. The minimum Gasteiger partial charge on any atom is -0.368 e. The maximum absolute atomic E-state index is 15.0. The van der Waals surface area contributed by atoms with Crippen LogP contribution in [0.25, 0.3) is 22.6 Å². The van der Waals surface area contributed by atoms with Gasteiger partial charge in [0.2, 0.25) is 0 Å². The standard InChI is InChI=1S/C22H29FN8O/c1-29-6-5-9-30(11-10-29)19-13-17-16(12-15(19)23)25-21(26-17)20-18(14-24-28-20)27-22(32)31-7-3-2-4-8-31/h12-14H,2-11H2,1H3,(H,24,28)(H,25,26)(H,27,32). The number of fused-ring (bicyclic) bond motifs is 1. The van der Waals surface area contributed by atoms with Gasteiger partial charge in [-0.05, 0) is 45.3 Å². The van der Waals surface area contributed by atoms with E-state index in [1.165, 1.54) is 6.07 Å². The van der Waals surface area contributed by atoms with Crippen LogP contribution >= 0.6 is 0 Å². The predicted molar refractivity (Wildman–Crippen MR) is 122 cm³/mol. The van der Waals surface area contributed by atoms with E-state index in [1.54, 1.807) is 12.3 Å². The van der Waals surface area contributed by atoms with Crippen LogP contribution in [0.1, 0.15) is 25.7 Å². The normalized spacial score (nSPS) is 18.2. The molecule has 0 bridgehead atoms. The summed E-state index contributed by atoms with van der Waals surface area (Å²) >= 11 is 0. The first-order valence-corrected chi connectivity index (χ1v) is 11.3. The summed E-state index contributed by atoms with van der Waals surface area (Å²) < 4.78 is 15.0. The van der Waals surface area contributed by atoms with Gasteiger partial charge in [0.25, 0.3) is 0 Å². The number of aromatic nitrogens is 4. The Hall–Kier alpha value is -3.14. The lowest BCUT2D eigenvalue weighted by atomic mass is 10.1. The number of piperidine rings is 1. The summed E-state index contributed by atoms with van der Waals surface area (Å²) in [5.41, 5.74) is 2.99. The second-order valence-electron chi connectivity index (χ2n) is 8.69. The van der Waals surface area contributed by atoms with E-state index in [1.807, 2.05) is 4.90 Å². The van der Waals surface area contributed by atoms with Gasteiger partial charge in [0.15, 0.2) is 5.82 Å². The minimum atomic E-state index is -0.263. The molecule has 1 aromatic carbocycles. The van der Waals surface area contributed by atoms with E-state index >= 15 is 0 Å². The number of hydrogen-bond donors (Lipinski definition) is 3. The van der Waals surface area contributed by atoms with Gasteiger partial charge in [0.05, 0.1) is 28.6 Å². The zero-order chi connectivity index (χ0) is 22.1. The van der Waals surface area contributed by atoms with Crippen molar-refractivity contribution in [2.45, 2.75) is 25.7 Å². The molecule has 0 unspecified atom stereocenters. The van der Waals surface area contributed by atoms with Crippen molar-refractivity contribution in [3.8, 4) is 11.5 Å². The number of likely N-dealkylation sites (tertiary alicyclic amines) is 1. The lowest BCUT2D eigenvalue weighted by molar-refractivity contribution is 0.200. The molecule has 3 aromatic rings. The van der Waals surface area contributed by atoms with Crippen molar-refractivity contribution in [1.29, 1.82) is 0 Å². The number of rotatable bonds is 3. The smallest absolute Gasteiger partial charge is 0.321 e. The van der Waals surface area contributed by atoms with E-state index in [4.69, 9.17) is 0 Å². The fourth-order valence-corrected chi connectivity index (χ4v) is 4.52. The molecular formula is C22H29FN8O. The number of urea groups is 1. The Morgan fingerprint density at radius 1 is 1.06 bits per heavy atom. The first-order valence-electron chi connectivity index (χ1n) is 11.3. The number of aromatic amines is 2. The molecule has 2 saturated heterocycles. The number of imidazole rings is 1. The van der Waals surface area contributed by atoms with E-state index in [9.17, 15) is 9.18 Å². The third-order valence-electron chi connectivity index (χ3n) is 6.37. The highest BCUT2D eigenvalue weighted by Gasteiger charge is 2.21. The van der Waals surface area contributed by atoms with Crippen LogP contribution in [0.5, 0.6) is 0 Å². The topological polar surface area (TPSA) is 96.2 Å². The molecule has 5 rings (SSSR count). The summed E-state index contributed by atoms with van der Waals surface area (Å²) in [5.74, 6) is 0.249. The molecular weight excluding hydrogens is 411 g/mol. The quantitative estimate of drug-likeness (QED) is 0.581. The van der Waals surface area contributed by atoms with Gasteiger partial charge < -0.3 is 25.0 Å². The monoisotopic (exact) mass is 440 g/mol. The highest BCUT2D eigenvalue weighted by molar-refractivity contribution is 5.93. The SMILES string of the molecule is CN1CCCN(c2cc3nc(-c4[nH]ncc4NC(=O)N4CCCCC4)[nH]c3cc2F)CC1. The summed E-state index contributed by atoms with van der Waals surface area (Å²) in [7, 11) is 2.09. The van der Waals surface area contributed by atoms with Crippen molar-refractivity contribution in [2.75, 3.05) is 56.5 Å². The number of carbonyl (C=O) groups is 1. The maximum Gasteiger partial charge on any atom is 0.321 e. The molecule has 0 spiro atoms. The summed E-state index contributed by atoms with van der Waals surface area (Å²) in [5, 5.41) is 9.93. The van der Waals surface area contributed by atoms with Crippen LogP contribution in [-0.2, 0) is 0 Å². The van der Waals surface area contributed by atoms with E-state index in [2.05, 4.69) is 42.3 Å². The van der Waals surface area contributed by atoms with Gasteiger partial charge in [-0.3, -0.25) is 5.10 Å². The molecule has 2 aliphatic rings. The molecule has 2 aromatic heterocycles. The predicted octanol–water partition coefficient (Wildman–Crippen LogP) is 3.25. The molecule has 32 heavy (non-hydrogen) atoms. The Bertz CT molecular complexity index is 1100. The number of nitrogens with one attached hydrogen (secondary N) is 3. The zero-order valence-electron chi connectivity index (χ0n) is 18.3. The number of carbonyl (C=O) groups excluding carboxylic acids is 1. The number of likely N-dealkylation sites (N-methyl/N-ethyl adjacent to an activating group) is 1. The Kier molecular flexibility index (Phi) is 5.69. The summed E-state index contributed by atoms with van der Waals surface area (Å²) in [4.78, 5) is 26.6. The molecule has 2 fully saturated rings. The van der Waals surface area contributed by atoms with Crippen LogP contribution in [0, 0.1) is 5.82 Å². The molecule has 170 valence electrons. The first-order chi connectivity index (χ1) is 15.6. The largest absolute Gasteiger partial charge is 0.368 e. The maximum atomic E-state index is 15.0. The van der Waals surface area contributed by atoms with E-state index in [0.29, 0.717) is 33.9 Å². The van der Waals surface area contributed by atoms with Gasteiger partial charge in [-0.1, -0.05) is 0 Å². The molecule has 4 heterocycles. The third-order valence-corrected chi connectivity index (χ3v) is 6.37. The number of amides is 2. The average Bonchev–Trinajstić information content (AvgIpc) is 3.36. The van der Waals surface area contributed by atoms with Crippen molar-refractivity contribution < 1.29 is 9.18 Å². The Morgan fingerprint density at radius 3 is 2.75 bits per heavy atom. The molecule has 3 N–H and O–H groups in total. The Balaban J connectivity index is 1.40. The molecule has 0 atom stereocenters. The fraction of sp³-hybridized carbons (Fsp3) is 0.500. The van der Waals surface area contributed by atoms with Crippen LogP contribution in [-0.4, -0.2) is 82.3 Å². The van der Waals surface area contributed by atoms with Crippen LogP contribution in [0.15, 0.2) is 18.3 Å². The van der Waals surface area contributed by atoms with Crippen molar-refractivity contribution in [3.05, 3.63) is 24.1 Å². The zero-order valence-corrected chi connectivity index (χ0v) is 18.3. The molecule has 10 heteroatoms. The number of anilines is 2. The van der Waals surface area contributed by atoms with Crippen molar-refractivity contribution in [2.24, 2.45) is 0 Å². The van der Waals surface area contributed by atoms with Crippen LogP contribution in [0.4, 0.5) is 20.6 Å². The number of H-pyrrole nitrogens is 2. The summed E-state index contributed by atoms with van der Waals surface area (Å²) in [6.07, 6.45) is 5.78. The molecule has 2 aliphatic heterocycles. The van der Waals surface area contributed by atoms with Crippen LogP contribution in [0.3, 0.4) is 0 Å². The van der Waals surface area contributed by atoms with Crippen molar-refractivity contribution in [3.63, 3.8) is 0 Å². The molecule has 9 nitrogen and oxygen atoms in total. The first kappa shape index (κ1) is 20.7. The number of nitrogens with zero attached hydrogens (tertiary/aromatic N) is 5. The minimum absolute atomic E-state index is 0.136. The van der Waals surface area contributed by atoms with Crippen LogP contribution < -0.4 is 10.2 Å². The number of hydrogen-bond acceptors (Lipinski definition) is 5. The second kappa shape index (κ2) is 8.78. The van der Waals surface area contributed by atoms with E-state index in [-0.39, 0.29) is 11.8 Å². The van der Waals surface area contributed by atoms with Gasteiger partial charge in [-0.15, -0.1) is 0 Å². The van der Waals surface area contributed by atoms with Gasteiger partial charge >= 0.3 is 6.03 Å². The third kappa shape index (κ3) is 4.14. The molecule has 0 saturated carbocycles. The highest BCUT2D eigenvalue weighted by atomic mass is 19.1. The number of benzene rings is 1. The number of halogens is 1. The van der Waals surface area contributed by atoms with Crippen molar-refractivity contribution >= 4 is 28.4 Å². The molecule has 0 radical (unpaired) electrons. The Labute approximate surface area is 186 Å². The van der Waals surface area contributed by atoms with E-state index in [0.717, 1.165) is 65.0 Å². The van der Waals surface area contributed by atoms with E-state index < -0.39 is 0 Å². The van der Waals surface area contributed by atoms with Gasteiger partial charge in [-0.2, -0.15) is 5.10 Å². The summed E-state index contributed by atoms with van der Waals surface area (Å²) in [6, 6.07) is 3.17. The van der Waals surface area contributed by atoms with Gasteiger partial charge in [-0.25, -0.2) is 14.2 Å². The van der Waals surface area contributed by atoms with Crippen LogP contribution in [0.2, 0.25) is 0 Å². The van der Waals surface area contributed by atoms with Gasteiger partial charge in [0, 0.05) is 38.8 Å². The lowest BCUT2D eigenvalue weighted by Gasteiger charge is -2.26. The molecule has 2 amide bonds.